The lowest BCUT2D eigenvalue weighted by atomic mass is 9.95. The van der Waals surface area contributed by atoms with Crippen LogP contribution in [0.4, 0.5) is 10.1 Å². The lowest BCUT2D eigenvalue weighted by Crippen LogP contribution is -2.32. The van der Waals surface area contributed by atoms with Crippen molar-refractivity contribution in [2.24, 2.45) is 5.92 Å². The highest BCUT2D eigenvalue weighted by Crippen LogP contribution is 2.43. The molecule has 0 saturated heterocycles. The first-order chi connectivity index (χ1) is 18.6. The molecule has 202 valence electrons. The van der Waals surface area contributed by atoms with Gasteiger partial charge in [0, 0.05) is 35.5 Å². The van der Waals surface area contributed by atoms with Gasteiger partial charge in [0.25, 0.3) is 0 Å². The van der Waals surface area contributed by atoms with Crippen LogP contribution in [0.3, 0.4) is 0 Å². The number of ketones is 1. The van der Waals surface area contributed by atoms with Gasteiger partial charge >= 0.3 is 5.97 Å². The Labute approximate surface area is 226 Å². The van der Waals surface area contributed by atoms with Gasteiger partial charge in [0.2, 0.25) is 10.0 Å². The summed E-state index contributed by atoms with van der Waals surface area (Å²) in [7, 11) is -2.40. The smallest absolute Gasteiger partial charge is 0.337 e. The molecule has 39 heavy (non-hydrogen) atoms. The van der Waals surface area contributed by atoms with Crippen molar-refractivity contribution in [3.63, 3.8) is 0 Å². The van der Waals surface area contributed by atoms with E-state index in [9.17, 15) is 22.4 Å². The van der Waals surface area contributed by atoms with Crippen molar-refractivity contribution in [3.8, 4) is 22.5 Å². The molecule has 0 amide bonds. The van der Waals surface area contributed by atoms with E-state index in [0.29, 0.717) is 51.0 Å². The molecule has 1 fully saturated rings. The van der Waals surface area contributed by atoms with Crippen LogP contribution in [0.1, 0.15) is 46.9 Å². The second-order valence-corrected chi connectivity index (χ2v) is 11.7. The molecule has 1 aromatic heterocycles. The summed E-state index contributed by atoms with van der Waals surface area (Å²) in [5.41, 5.74) is 2.99. The Bertz CT molecular complexity index is 1690. The van der Waals surface area contributed by atoms with Crippen LogP contribution in [0.25, 0.3) is 33.4 Å². The average molecular weight is 550 g/mol. The van der Waals surface area contributed by atoms with E-state index in [-0.39, 0.29) is 23.9 Å². The second-order valence-electron chi connectivity index (χ2n) is 9.77. The van der Waals surface area contributed by atoms with Crippen LogP contribution in [0.5, 0.6) is 0 Å². The van der Waals surface area contributed by atoms with Crippen molar-refractivity contribution < 1.29 is 31.6 Å². The SMILES string of the molecule is CCC(=O)c1c(-c2ccc(F)cc2)oc2cc(N(CC3CC3)S(C)(=O)=O)c(-c3cccc(C(=O)OC)c3)cc12. The number of hydrogen-bond acceptors (Lipinski definition) is 6. The largest absolute Gasteiger partial charge is 0.465 e. The summed E-state index contributed by atoms with van der Waals surface area (Å²) in [6.45, 7) is 2.05. The summed E-state index contributed by atoms with van der Waals surface area (Å²) in [4.78, 5) is 25.5. The van der Waals surface area contributed by atoms with Gasteiger partial charge in [0.05, 0.1) is 30.2 Å². The van der Waals surface area contributed by atoms with Crippen molar-refractivity contribution in [3.05, 3.63) is 77.6 Å². The standard InChI is InChI=1S/C30H28FNO6S/c1-4-26(33)28-24-15-23(20-6-5-7-21(14-20)30(34)37-2)25(32(39(3,35)36)17-18-8-9-18)16-27(24)38-29(28)19-10-12-22(31)13-11-19/h5-7,10-16,18H,4,8-9,17H2,1-3H3. The third kappa shape index (κ3) is 5.31. The first kappa shape index (κ1) is 26.6. The summed E-state index contributed by atoms with van der Waals surface area (Å²) in [5, 5.41) is 0.503. The van der Waals surface area contributed by atoms with Gasteiger partial charge in [0.15, 0.2) is 5.78 Å². The minimum absolute atomic E-state index is 0.173. The second kappa shape index (κ2) is 10.3. The first-order valence-electron chi connectivity index (χ1n) is 12.7. The van der Waals surface area contributed by atoms with Crippen LogP contribution < -0.4 is 4.31 Å². The third-order valence-corrected chi connectivity index (χ3v) is 8.04. The highest BCUT2D eigenvalue weighted by atomic mass is 32.2. The highest BCUT2D eigenvalue weighted by Gasteiger charge is 2.32. The Hall–Kier alpha value is -3.98. The van der Waals surface area contributed by atoms with E-state index in [2.05, 4.69) is 0 Å². The lowest BCUT2D eigenvalue weighted by Gasteiger charge is -2.25. The van der Waals surface area contributed by atoms with Crippen LogP contribution in [0.15, 0.2) is 65.1 Å². The van der Waals surface area contributed by atoms with Gasteiger partial charge in [-0.25, -0.2) is 17.6 Å². The summed E-state index contributed by atoms with van der Waals surface area (Å²) in [6.07, 6.45) is 3.24. The molecular weight excluding hydrogens is 521 g/mol. The van der Waals surface area contributed by atoms with Crippen molar-refractivity contribution in [2.75, 3.05) is 24.2 Å². The van der Waals surface area contributed by atoms with Crippen molar-refractivity contribution in [1.82, 2.24) is 0 Å². The molecule has 0 N–H and O–H groups in total. The number of Topliss-reactive ketones (excluding diaryl/α,β-unsaturated/α-hetero) is 1. The molecule has 0 bridgehead atoms. The molecule has 1 aliphatic rings. The van der Waals surface area contributed by atoms with Crippen LogP contribution in [0, 0.1) is 11.7 Å². The lowest BCUT2D eigenvalue weighted by molar-refractivity contribution is 0.0600. The zero-order chi connectivity index (χ0) is 27.9. The normalized spacial score (nSPS) is 13.4. The number of esters is 1. The topological polar surface area (TPSA) is 93.9 Å². The van der Waals surface area contributed by atoms with E-state index in [1.54, 1.807) is 43.3 Å². The Morgan fingerprint density at radius 3 is 2.38 bits per heavy atom. The predicted octanol–water partition coefficient (Wildman–Crippen LogP) is 6.46. The molecule has 1 saturated carbocycles. The van der Waals surface area contributed by atoms with E-state index >= 15 is 0 Å². The predicted molar refractivity (Wildman–Crippen MR) is 148 cm³/mol. The number of methoxy groups -OCH3 is 1. The number of hydrogen-bond donors (Lipinski definition) is 0. The molecule has 0 aliphatic heterocycles. The number of ether oxygens (including phenoxy) is 1. The minimum atomic E-state index is -3.69. The number of carbonyl (C=O) groups excluding carboxylic acids is 2. The van der Waals surface area contributed by atoms with E-state index in [4.69, 9.17) is 9.15 Å². The Kier molecular flexibility index (Phi) is 7.03. The van der Waals surface area contributed by atoms with Gasteiger partial charge < -0.3 is 9.15 Å². The number of sulfonamides is 1. The van der Waals surface area contributed by atoms with Crippen LogP contribution in [-0.2, 0) is 14.8 Å². The molecular formula is C30H28FNO6S. The maximum atomic E-state index is 13.7. The van der Waals surface area contributed by atoms with Crippen LogP contribution >= 0.6 is 0 Å². The number of halogens is 1. The Balaban J connectivity index is 1.82. The Morgan fingerprint density at radius 2 is 1.77 bits per heavy atom. The fourth-order valence-corrected chi connectivity index (χ4v) is 5.70. The number of fused-ring (bicyclic) bond motifs is 1. The van der Waals surface area contributed by atoms with E-state index in [0.717, 1.165) is 19.1 Å². The minimum Gasteiger partial charge on any atom is -0.465 e. The molecule has 9 heteroatoms. The number of nitrogens with zero attached hydrogens (tertiary/aromatic N) is 1. The molecule has 0 unspecified atom stereocenters. The fourth-order valence-electron chi connectivity index (χ4n) is 4.71. The number of anilines is 1. The number of benzene rings is 3. The zero-order valence-corrected chi connectivity index (χ0v) is 22.7. The van der Waals surface area contributed by atoms with Crippen molar-refractivity contribution >= 4 is 38.4 Å². The zero-order valence-electron chi connectivity index (χ0n) is 21.9. The number of furan rings is 1. The maximum absolute atomic E-state index is 13.7. The van der Waals surface area contributed by atoms with E-state index in [1.165, 1.54) is 35.7 Å². The third-order valence-electron chi connectivity index (χ3n) is 6.90. The maximum Gasteiger partial charge on any atom is 0.337 e. The van der Waals surface area contributed by atoms with Crippen LogP contribution in [0.2, 0.25) is 0 Å². The molecule has 5 rings (SSSR count). The summed E-state index contributed by atoms with van der Waals surface area (Å²) >= 11 is 0. The van der Waals surface area contributed by atoms with Crippen molar-refractivity contribution in [1.29, 1.82) is 0 Å². The summed E-state index contributed by atoms with van der Waals surface area (Å²) in [5.74, 6) is -0.587. The molecule has 4 aromatic rings. The van der Waals surface area contributed by atoms with Crippen molar-refractivity contribution in [2.45, 2.75) is 26.2 Å². The average Bonchev–Trinajstić information content (AvgIpc) is 3.68. The number of carbonyl (C=O) groups is 2. The molecule has 0 spiro atoms. The monoisotopic (exact) mass is 549 g/mol. The number of rotatable bonds is 9. The van der Waals surface area contributed by atoms with E-state index < -0.39 is 21.8 Å². The van der Waals surface area contributed by atoms with Gasteiger partial charge in [-0.15, -0.1) is 0 Å². The molecule has 7 nitrogen and oxygen atoms in total. The molecule has 1 heterocycles. The van der Waals surface area contributed by atoms with Gasteiger partial charge in [-0.1, -0.05) is 19.1 Å². The van der Waals surface area contributed by atoms with Gasteiger partial charge in [-0.3, -0.25) is 9.10 Å². The molecule has 0 atom stereocenters. The van der Waals surface area contributed by atoms with Gasteiger partial charge in [-0.05, 0) is 66.8 Å². The molecule has 3 aromatic carbocycles. The van der Waals surface area contributed by atoms with Crippen LogP contribution in [-0.4, -0.2) is 40.1 Å². The Morgan fingerprint density at radius 1 is 1.05 bits per heavy atom. The fraction of sp³-hybridized carbons (Fsp3) is 0.267. The summed E-state index contributed by atoms with van der Waals surface area (Å²) < 4.78 is 52.2. The summed E-state index contributed by atoms with van der Waals surface area (Å²) in [6, 6.07) is 15.8. The van der Waals surface area contributed by atoms with E-state index in [1.807, 2.05) is 0 Å². The molecule has 0 radical (unpaired) electrons. The first-order valence-corrected chi connectivity index (χ1v) is 14.5. The van der Waals surface area contributed by atoms with Gasteiger partial charge in [-0.2, -0.15) is 0 Å². The highest BCUT2D eigenvalue weighted by molar-refractivity contribution is 7.92. The van der Waals surface area contributed by atoms with Gasteiger partial charge in [0.1, 0.15) is 17.2 Å². The molecule has 1 aliphatic carbocycles. The quantitative estimate of drug-likeness (QED) is 0.176.